The largest absolute Gasteiger partial charge is 0.416 e. The minimum Gasteiger partial charge on any atom is -0.268 e. The average molecular weight is 350 g/mol. The maximum Gasteiger partial charge on any atom is 0.416 e. The number of hydrogen-bond acceptors (Lipinski definition) is 4. The third kappa shape index (κ3) is 2.92. The lowest BCUT2D eigenvalue weighted by Crippen LogP contribution is -2.36. The number of aryl methyl sites for hydroxylation is 1. The molecule has 0 saturated heterocycles. The van der Waals surface area contributed by atoms with Crippen LogP contribution in [0.1, 0.15) is 12.5 Å². The minimum atomic E-state index is -4.43. The Morgan fingerprint density at radius 1 is 1.12 bits per heavy atom. The van der Waals surface area contributed by atoms with Crippen LogP contribution in [-0.4, -0.2) is 19.3 Å². The van der Waals surface area contributed by atoms with E-state index in [2.05, 4.69) is 10.1 Å². The second-order valence-corrected chi connectivity index (χ2v) is 5.42. The Morgan fingerprint density at radius 2 is 1.76 bits per heavy atom. The van der Waals surface area contributed by atoms with Crippen LogP contribution in [-0.2, 0) is 19.8 Å². The highest BCUT2D eigenvalue weighted by Gasteiger charge is 2.30. The molecule has 0 saturated carbocycles. The molecule has 0 fully saturated rings. The van der Waals surface area contributed by atoms with Gasteiger partial charge in [0.1, 0.15) is 0 Å². The van der Waals surface area contributed by atoms with E-state index in [4.69, 9.17) is 0 Å². The molecule has 0 aromatic heterocycles. The van der Waals surface area contributed by atoms with E-state index < -0.39 is 23.0 Å². The molecule has 0 atom stereocenters. The molecule has 1 aromatic carbocycles. The van der Waals surface area contributed by atoms with Crippen molar-refractivity contribution >= 4 is 0 Å². The first kappa shape index (κ1) is 16.9. The van der Waals surface area contributed by atoms with E-state index >= 15 is 0 Å². The maximum absolute atomic E-state index is 12.7. The SMILES string of the molecule is CCn1nc(-c2ccc(C(F)(F)F)cc2)cc2c(=O)n(C)c(=O)nc1-2. The molecule has 2 aliphatic rings. The summed E-state index contributed by atoms with van der Waals surface area (Å²) in [6.07, 6.45) is -4.43. The summed E-state index contributed by atoms with van der Waals surface area (Å²) < 4.78 is 40.3. The first-order valence-corrected chi connectivity index (χ1v) is 7.39. The summed E-state index contributed by atoms with van der Waals surface area (Å²) in [5, 5.41) is 4.28. The fraction of sp³-hybridized carbons (Fsp3) is 0.250. The van der Waals surface area contributed by atoms with Gasteiger partial charge in [0.15, 0.2) is 5.82 Å². The van der Waals surface area contributed by atoms with E-state index in [-0.39, 0.29) is 11.4 Å². The maximum atomic E-state index is 12.7. The number of benzene rings is 1. The molecule has 130 valence electrons. The summed E-state index contributed by atoms with van der Waals surface area (Å²) in [6, 6.07) is 5.91. The standard InChI is InChI=1S/C16H13F3N4O2/c1-3-23-13-11(14(24)22(2)15(25)20-13)8-12(21-23)9-4-6-10(7-5-9)16(17,18)19/h4-8H,3H2,1-2H3. The number of alkyl halides is 3. The van der Waals surface area contributed by atoms with Crippen molar-refractivity contribution in [2.45, 2.75) is 19.6 Å². The quantitative estimate of drug-likeness (QED) is 0.710. The highest BCUT2D eigenvalue weighted by atomic mass is 19.4. The molecule has 0 spiro atoms. The van der Waals surface area contributed by atoms with E-state index in [1.807, 2.05) is 0 Å². The van der Waals surface area contributed by atoms with Gasteiger partial charge in [-0.15, -0.1) is 0 Å². The molecule has 1 aromatic rings. The van der Waals surface area contributed by atoms with Crippen molar-refractivity contribution in [3.63, 3.8) is 0 Å². The van der Waals surface area contributed by atoms with Crippen molar-refractivity contribution in [3.8, 4) is 22.6 Å². The zero-order chi connectivity index (χ0) is 18.4. The van der Waals surface area contributed by atoms with E-state index in [1.165, 1.54) is 29.9 Å². The smallest absolute Gasteiger partial charge is 0.268 e. The van der Waals surface area contributed by atoms with Gasteiger partial charge in [-0.25, -0.2) is 9.48 Å². The van der Waals surface area contributed by atoms with Crippen LogP contribution in [0.15, 0.2) is 39.9 Å². The number of aromatic nitrogens is 4. The third-order valence-corrected chi connectivity index (χ3v) is 3.83. The van der Waals surface area contributed by atoms with Gasteiger partial charge < -0.3 is 0 Å². The molecule has 25 heavy (non-hydrogen) atoms. The molecule has 0 aliphatic carbocycles. The number of rotatable bonds is 2. The third-order valence-electron chi connectivity index (χ3n) is 3.83. The predicted octanol–water partition coefficient (Wildman–Crippen LogP) is 2.15. The number of fused-ring (bicyclic) bond motifs is 1. The van der Waals surface area contributed by atoms with Gasteiger partial charge in [-0.3, -0.25) is 9.36 Å². The zero-order valence-electron chi connectivity index (χ0n) is 13.3. The van der Waals surface area contributed by atoms with Crippen molar-refractivity contribution in [2.75, 3.05) is 0 Å². The van der Waals surface area contributed by atoms with Crippen LogP contribution in [0, 0.1) is 0 Å². The van der Waals surface area contributed by atoms with Crippen molar-refractivity contribution in [1.82, 2.24) is 19.3 Å². The summed E-state index contributed by atoms with van der Waals surface area (Å²) in [5.74, 6) is 0.145. The van der Waals surface area contributed by atoms with Gasteiger partial charge in [0, 0.05) is 19.2 Å². The van der Waals surface area contributed by atoms with Gasteiger partial charge in [0.05, 0.1) is 16.8 Å². The van der Waals surface area contributed by atoms with Gasteiger partial charge in [-0.2, -0.15) is 23.3 Å². The fourth-order valence-corrected chi connectivity index (χ4v) is 2.45. The van der Waals surface area contributed by atoms with Crippen LogP contribution in [0.5, 0.6) is 0 Å². The Morgan fingerprint density at radius 3 is 2.32 bits per heavy atom. The summed E-state index contributed by atoms with van der Waals surface area (Å²) >= 11 is 0. The number of halogens is 3. The monoisotopic (exact) mass is 350 g/mol. The van der Waals surface area contributed by atoms with Crippen LogP contribution in [0.4, 0.5) is 13.2 Å². The van der Waals surface area contributed by atoms with Crippen molar-refractivity contribution in [2.24, 2.45) is 7.05 Å². The van der Waals surface area contributed by atoms with Crippen molar-refractivity contribution in [1.29, 1.82) is 0 Å². The zero-order valence-corrected chi connectivity index (χ0v) is 13.3. The molecule has 0 radical (unpaired) electrons. The minimum absolute atomic E-state index is 0.145. The number of nitrogens with zero attached hydrogens (tertiary/aromatic N) is 4. The first-order chi connectivity index (χ1) is 11.7. The highest BCUT2D eigenvalue weighted by molar-refractivity contribution is 5.67. The van der Waals surface area contributed by atoms with E-state index in [9.17, 15) is 22.8 Å². The first-order valence-electron chi connectivity index (χ1n) is 7.39. The van der Waals surface area contributed by atoms with Crippen molar-refractivity contribution < 1.29 is 13.2 Å². The molecule has 6 nitrogen and oxygen atoms in total. The van der Waals surface area contributed by atoms with E-state index in [1.54, 1.807) is 6.92 Å². The van der Waals surface area contributed by atoms with E-state index in [0.29, 0.717) is 17.8 Å². The Kier molecular flexibility index (Phi) is 3.94. The molecular weight excluding hydrogens is 337 g/mol. The van der Waals surface area contributed by atoms with Gasteiger partial charge in [-0.1, -0.05) is 12.1 Å². The normalized spacial score (nSPS) is 11.9. The van der Waals surface area contributed by atoms with Crippen LogP contribution in [0.25, 0.3) is 22.6 Å². The van der Waals surface area contributed by atoms with Crippen molar-refractivity contribution in [3.05, 3.63) is 56.7 Å². The van der Waals surface area contributed by atoms with Crippen LogP contribution < -0.4 is 11.2 Å². The molecule has 0 amide bonds. The Bertz CT molecular complexity index is 1020. The topological polar surface area (TPSA) is 69.8 Å². The molecular formula is C16H13F3N4O2. The molecule has 9 heteroatoms. The molecule has 2 heterocycles. The second-order valence-electron chi connectivity index (χ2n) is 5.42. The van der Waals surface area contributed by atoms with Gasteiger partial charge in [0.2, 0.25) is 0 Å². The lowest BCUT2D eigenvalue weighted by Gasteiger charge is -2.14. The molecule has 0 unspecified atom stereocenters. The van der Waals surface area contributed by atoms with Crippen LogP contribution >= 0.6 is 0 Å². The van der Waals surface area contributed by atoms with Crippen LogP contribution in [0.2, 0.25) is 0 Å². The summed E-state index contributed by atoms with van der Waals surface area (Å²) in [6.45, 7) is 2.09. The summed E-state index contributed by atoms with van der Waals surface area (Å²) in [7, 11) is 1.31. The fourth-order valence-electron chi connectivity index (χ4n) is 2.45. The molecule has 0 bridgehead atoms. The predicted molar refractivity (Wildman–Crippen MR) is 84.3 cm³/mol. The van der Waals surface area contributed by atoms with Crippen LogP contribution in [0.3, 0.4) is 0 Å². The molecule has 0 N–H and O–H groups in total. The second kappa shape index (κ2) is 5.83. The Hall–Kier alpha value is -2.97. The Labute approximate surface area is 139 Å². The molecule has 3 rings (SSSR count). The molecule has 2 aliphatic heterocycles. The highest BCUT2D eigenvalue weighted by Crippen LogP contribution is 2.31. The van der Waals surface area contributed by atoms with Gasteiger partial charge in [0.25, 0.3) is 5.56 Å². The lowest BCUT2D eigenvalue weighted by atomic mass is 10.1. The van der Waals surface area contributed by atoms with E-state index in [0.717, 1.165) is 16.7 Å². The number of hydrogen-bond donors (Lipinski definition) is 0. The average Bonchev–Trinajstić information content (AvgIpc) is 2.58. The summed E-state index contributed by atoms with van der Waals surface area (Å²) in [5.41, 5.74) is -1.08. The van der Waals surface area contributed by atoms with Gasteiger partial charge in [-0.05, 0) is 25.1 Å². The van der Waals surface area contributed by atoms with Gasteiger partial charge >= 0.3 is 11.9 Å². The summed E-state index contributed by atoms with van der Waals surface area (Å²) in [4.78, 5) is 27.9. The Balaban J connectivity index is 2.23. The lowest BCUT2D eigenvalue weighted by molar-refractivity contribution is -0.137.